The molecule has 3 rings (SSSR count). The number of Topliss-reactive ketones (excluding diaryl/α,β-unsaturated/α-hetero) is 1. The van der Waals surface area contributed by atoms with Gasteiger partial charge in [0.1, 0.15) is 23.9 Å². The van der Waals surface area contributed by atoms with E-state index >= 15 is 0 Å². The summed E-state index contributed by atoms with van der Waals surface area (Å²) in [6, 6.07) is 11.8. The van der Waals surface area contributed by atoms with Gasteiger partial charge in [-0.1, -0.05) is 24.8 Å². The van der Waals surface area contributed by atoms with Crippen molar-refractivity contribution in [3.63, 3.8) is 0 Å². The van der Waals surface area contributed by atoms with Gasteiger partial charge in [0.05, 0.1) is 11.6 Å². The molecule has 1 amide bonds. The van der Waals surface area contributed by atoms with Crippen LogP contribution >= 0.6 is 0 Å². The van der Waals surface area contributed by atoms with E-state index in [1.807, 2.05) is 0 Å². The number of aliphatic hydroxyl groups is 2. The smallest absolute Gasteiger partial charge is 0.295 e. The number of hydrogen-bond acceptors (Lipinski definition) is 6. The van der Waals surface area contributed by atoms with Gasteiger partial charge in [0.25, 0.3) is 11.7 Å². The summed E-state index contributed by atoms with van der Waals surface area (Å²) in [5.41, 5.74) is 0.894. The van der Waals surface area contributed by atoms with E-state index in [9.17, 15) is 24.9 Å². The van der Waals surface area contributed by atoms with E-state index in [0.717, 1.165) is 0 Å². The SMILES string of the molecule is C=CCOc1ccc(/C(O)=C2\C(=O)C(=O)N(CCCO)C2c2ccc(O)cc2)cc1. The Labute approximate surface area is 174 Å². The second-order valence-corrected chi connectivity index (χ2v) is 6.79. The summed E-state index contributed by atoms with van der Waals surface area (Å²) < 4.78 is 5.42. The maximum Gasteiger partial charge on any atom is 0.295 e. The van der Waals surface area contributed by atoms with Crippen molar-refractivity contribution < 1.29 is 29.6 Å². The molecule has 1 atom stereocenters. The molecule has 0 saturated carbocycles. The molecule has 0 spiro atoms. The van der Waals surface area contributed by atoms with Crippen molar-refractivity contribution in [1.82, 2.24) is 4.90 Å². The molecular weight excluding hydrogens is 386 g/mol. The third kappa shape index (κ3) is 4.21. The highest BCUT2D eigenvalue weighted by atomic mass is 16.5. The van der Waals surface area contributed by atoms with Gasteiger partial charge < -0.3 is 25.0 Å². The first-order chi connectivity index (χ1) is 14.5. The number of aliphatic hydroxyl groups excluding tert-OH is 2. The number of carbonyl (C=O) groups excluding carboxylic acids is 2. The molecule has 156 valence electrons. The molecule has 1 fully saturated rings. The van der Waals surface area contributed by atoms with E-state index in [4.69, 9.17) is 4.74 Å². The van der Waals surface area contributed by atoms with Crippen molar-refractivity contribution in [1.29, 1.82) is 0 Å². The number of carbonyl (C=O) groups is 2. The Morgan fingerprint density at radius 1 is 1.10 bits per heavy atom. The fourth-order valence-electron chi connectivity index (χ4n) is 3.37. The molecule has 0 aromatic heterocycles. The number of phenols is 1. The quantitative estimate of drug-likeness (QED) is 0.268. The molecule has 0 bridgehead atoms. The molecule has 1 unspecified atom stereocenters. The Balaban J connectivity index is 2.05. The first-order valence-corrected chi connectivity index (χ1v) is 9.50. The van der Waals surface area contributed by atoms with Gasteiger partial charge in [-0.3, -0.25) is 9.59 Å². The first-order valence-electron chi connectivity index (χ1n) is 9.50. The third-order valence-electron chi connectivity index (χ3n) is 4.80. The second kappa shape index (κ2) is 9.28. The molecule has 7 nitrogen and oxygen atoms in total. The van der Waals surface area contributed by atoms with Crippen molar-refractivity contribution in [2.24, 2.45) is 0 Å². The van der Waals surface area contributed by atoms with Crippen LogP contribution in [0.2, 0.25) is 0 Å². The number of phenolic OH excluding ortho intramolecular Hbond substituents is 1. The van der Waals surface area contributed by atoms with Gasteiger partial charge in [-0.05, 0) is 48.4 Å². The zero-order valence-electron chi connectivity index (χ0n) is 16.3. The third-order valence-corrected chi connectivity index (χ3v) is 4.80. The lowest BCUT2D eigenvalue weighted by molar-refractivity contribution is -0.140. The Morgan fingerprint density at radius 2 is 1.77 bits per heavy atom. The van der Waals surface area contributed by atoms with Gasteiger partial charge in [0.15, 0.2) is 0 Å². The Bertz CT molecular complexity index is 962. The lowest BCUT2D eigenvalue weighted by Crippen LogP contribution is -2.31. The minimum absolute atomic E-state index is 0.0385. The van der Waals surface area contributed by atoms with Crippen LogP contribution in [0.1, 0.15) is 23.6 Å². The monoisotopic (exact) mass is 409 g/mol. The molecule has 7 heteroatoms. The van der Waals surface area contributed by atoms with Crippen LogP contribution in [-0.2, 0) is 9.59 Å². The fourth-order valence-corrected chi connectivity index (χ4v) is 3.37. The molecule has 2 aromatic carbocycles. The summed E-state index contributed by atoms with van der Waals surface area (Å²) in [6.07, 6.45) is 1.90. The maximum atomic E-state index is 12.8. The standard InChI is InChI=1S/C23H23NO6/c1-2-14-30-18-10-6-16(7-11-18)21(27)19-20(15-4-8-17(26)9-5-15)24(12-3-13-25)23(29)22(19)28/h2,4-11,20,25-27H,1,3,12-14H2/b21-19+. The van der Waals surface area contributed by atoms with Crippen LogP contribution in [-0.4, -0.2) is 51.7 Å². The van der Waals surface area contributed by atoms with E-state index in [-0.39, 0.29) is 36.7 Å². The van der Waals surface area contributed by atoms with E-state index in [0.29, 0.717) is 23.5 Å². The number of ether oxygens (including phenoxy) is 1. The number of hydrogen-bond donors (Lipinski definition) is 3. The number of amides is 1. The lowest BCUT2D eigenvalue weighted by atomic mass is 9.95. The Hall–Kier alpha value is -3.58. The van der Waals surface area contributed by atoms with E-state index < -0.39 is 17.7 Å². The number of nitrogens with zero attached hydrogens (tertiary/aromatic N) is 1. The number of rotatable bonds is 8. The first kappa shape index (κ1) is 21.1. The molecule has 1 aliphatic rings. The molecule has 1 aliphatic heterocycles. The lowest BCUT2D eigenvalue weighted by Gasteiger charge is -2.25. The topological polar surface area (TPSA) is 107 Å². The second-order valence-electron chi connectivity index (χ2n) is 6.79. The van der Waals surface area contributed by atoms with Crippen LogP contribution in [0.25, 0.3) is 5.76 Å². The number of likely N-dealkylation sites (tertiary alicyclic amines) is 1. The molecule has 1 saturated heterocycles. The van der Waals surface area contributed by atoms with Gasteiger partial charge >= 0.3 is 0 Å². The summed E-state index contributed by atoms with van der Waals surface area (Å²) in [7, 11) is 0. The van der Waals surface area contributed by atoms with Crippen LogP contribution in [0.4, 0.5) is 0 Å². The summed E-state index contributed by atoms with van der Waals surface area (Å²) in [4.78, 5) is 26.8. The van der Waals surface area contributed by atoms with Crippen LogP contribution in [0, 0.1) is 0 Å². The predicted molar refractivity (Wildman–Crippen MR) is 111 cm³/mol. The molecule has 2 aromatic rings. The van der Waals surface area contributed by atoms with Crippen molar-refractivity contribution in [3.8, 4) is 11.5 Å². The van der Waals surface area contributed by atoms with Gasteiger partial charge in [0, 0.05) is 18.7 Å². The van der Waals surface area contributed by atoms with Gasteiger partial charge in [-0.15, -0.1) is 0 Å². The maximum absolute atomic E-state index is 12.8. The molecular formula is C23H23NO6. The highest BCUT2D eigenvalue weighted by Crippen LogP contribution is 2.39. The van der Waals surface area contributed by atoms with Crippen molar-refractivity contribution >= 4 is 17.4 Å². The van der Waals surface area contributed by atoms with E-state index in [1.165, 1.54) is 17.0 Å². The van der Waals surface area contributed by atoms with E-state index in [2.05, 4.69) is 6.58 Å². The van der Waals surface area contributed by atoms with Gasteiger partial charge in [-0.2, -0.15) is 0 Å². The number of aromatic hydroxyl groups is 1. The highest BCUT2D eigenvalue weighted by molar-refractivity contribution is 6.46. The Kier molecular flexibility index (Phi) is 6.54. The summed E-state index contributed by atoms with van der Waals surface area (Å²) >= 11 is 0. The number of ketones is 1. The summed E-state index contributed by atoms with van der Waals surface area (Å²) in [5.74, 6) is -1.22. The summed E-state index contributed by atoms with van der Waals surface area (Å²) in [6.45, 7) is 3.93. The van der Waals surface area contributed by atoms with Gasteiger partial charge in [-0.25, -0.2) is 0 Å². The minimum atomic E-state index is -0.825. The van der Waals surface area contributed by atoms with Crippen LogP contribution in [0.5, 0.6) is 11.5 Å². The van der Waals surface area contributed by atoms with Crippen LogP contribution in [0.3, 0.4) is 0 Å². The van der Waals surface area contributed by atoms with E-state index in [1.54, 1.807) is 42.5 Å². The normalized spacial score (nSPS) is 17.9. The van der Waals surface area contributed by atoms with Crippen molar-refractivity contribution in [2.45, 2.75) is 12.5 Å². The minimum Gasteiger partial charge on any atom is -0.508 e. The predicted octanol–water partition coefficient (Wildman–Crippen LogP) is 2.76. The molecule has 0 aliphatic carbocycles. The van der Waals surface area contributed by atoms with Gasteiger partial charge in [0.2, 0.25) is 0 Å². The molecule has 30 heavy (non-hydrogen) atoms. The van der Waals surface area contributed by atoms with Crippen molar-refractivity contribution in [2.75, 3.05) is 19.8 Å². The Morgan fingerprint density at radius 3 is 2.37 bits per heavy atom. The average molecular weight is 409 g/mol. The average Bonchev–Trinajstić information content (AvgIpc) is 3.01. The molecule has 0 radical (unpaired) electrons. The molecule has 1 heterocycles. The molecule has 3 N–H and O–H groups in total. The zero-order chi connectivity index (χ0) is 21.7. The fraction of sp³-hybridized carbons (Fsp3) is 0.217. The van der Waals surface area contributed by atoms with Crippen LogP contribution < -0.4 is 4.74 Å². The summed E-state index contributed by atoms with van der Waals surface area (Å²) in [5, 5.41) is 29.7. The number of benzene rings is 2. The van der Waals surface area contributed by atoms with Crippen molar-refractivity contribution in [3.05, 3.63) is 77.9 Å². The zero-order valence-corrected chi connectivity index (χ0v) is 16.3. The highest BCUT2D eigenvalue weighted by Gasteiger charge is 2.45. The largest absolute Gasteiger partial charge is 0.508 e. The van der Waals surface area contributed by atoms with Crippen LogP contribution in [0.15, 0.2) is 66.8 Å².